The fourth-order valence-electron chi connectivity index (χ4n) is 3.49. The van der Waals surface area contributed by atoms with Crippen molar-refractivity contribution >= 4 is 23.6 Å². The third-order valence-electron chi connectivity index (χ3n) is 4.86. The first kappa shape index (κ1) is 17.7. The summed E-state index contributed by atoms with van der Waals surface area (Å²) in [5.41, 5.74) is 2.98. The molecular weight excluding hydrogens is 334 g/mol. The van der Waals surface area contributed by atoms with E-state index in [9.17, 15) is 4.79 Å². The van der Waals surface area contributed by atoms with Crippen LogP contribution in [0.25, 0.3) is 6.08 Å². The van der Waals surface area contributed by atoms with Crippen molar-refractivity contribution in [1.82, 2.24) is 14.7 Å². The zero-order valence-electron chi connectivity index (χ0n) is 14.8. The Hall–Kier alpha value is -2.07. The molecule has 3 rings (SSSR count). The molecule has 1 fully saturated rings. The number of aryl methyl sites for hydroxylation is 3. The largest absolute Gasteiger partial charge is 0.336 e. The number of aromatic nitrogens is 2. The minimum atomic E-state index is 0.0647. The minimum Gasteiger partial charge on any atom is -0.336 e. The van der Waals surface area contributed by atoms with E-state index in [0.29, 0.717) is 11.2 Å². The molecule has 1 amide bonds. The molecule has 0 N–H and O–H groups in total. The lowest BCUT2D eigenvalue weighted by atomic mass is 10.0. The van der Waals surface area contributed by atoms with Crippen molar-refractivity contribution in [3.63, 3.8) is 0 Å². The fourth-order valence-corrected chi connectivity index (χ4v) is 3.73. The molecule has 1 atom stereocenters. The number of carbonyl (C=O) groups excluding carboxylic acids is 1. The summed E-state index contributed by atoms with van der Waals surface area (Å²) in [6.45, 7) is 2.73. The van der Waals surface area contributed by atoms with Gasteiger partial charge in [-0.3, -0.25) is 9.48 Å². The summed E-state index contributed by atoms with van der Waals surface area (Å²) < 4.78 is 1.62. The topological polar surface area (TPSA) is 38.1 Å². The molecule has 4 nitrogen and oxygen atoms in total. The first-order valence-corrected chi connectivity index (χ1v) is 9.15. The van der Waals surface area contributed by atoms with Gasteiger partial charge in [0.05, 0.1) is 5.69 Å². The second kappa shape index (κ2) is 7.87. The molecule has 1 aliphatic heterocycles. The Kier molecular flexibility index (Phi) is 5.59. The Balaban J connectivity index is 1.63. The number of amides is 1. The average Bonchev–Trinajstić information content (AvgIpc) is 3.17. The standard InChI is InChI=1S/C20H24ClN3O/c1-15-18(20(21)23(2)22-15)12-13-19(25)24-14-6-9-17(24)11-10-16-7-4-3-5-8-16/h3-5,7-8,12-13,17H,6,9-11,14H2,1-2H3/b13-12+/t17-/m1/s1. The fraction of sp³-hybridized carbons (Fsp3) is 0.400. The molecule has 25 heavy (non-hydrogen) atoms. The van der Waals surface area contributed by atoms with E-state index in [0.717, 1.165) is 43.5 Å². The number of hydrogen-bond acceptors (Lipinski definition) is 2. The van der Waals surface area contributed by atoms with Gasteiger partial charge in [0.25, 0.3) is 0 Å². The van der Waals surface area contributed by atoms with Crippen LogP contribution in [0, 0.1) is 6.92 Å². The van der Waals surface area contributed by atoms with Crippen LogP contribution in [-0.2, 0) is 18.3 Å². The van der Waals surface area contributed by atoms with Crippen LogP contribution in [0.5, 0.6) is 0 Å². The van der Waals surface area contributed by atoms with Crippen molar-refractivity contribution in [2.24, 2.45) is 7.05 Å². The SMILES string of the molecule is Cc1nn(C)c(Cl)c1/C=C/C(=O)N1CCC[C@@H]1CCc1ccccc1. The van der Waals surface area contributed by atoms with Crippen LogP contribution in [0.1, 0.15) is 36.1 Å². The summed E-state index contributed by atoms with van der Waals surface area (Å²) in [5.74, 6) is 0.0647. The summed E-state index contributed by atoms with van der Waals surface area (Å²) in [5, 5.41) is 4.83. The highest BCUT2D eigenvalue weighted by atomic mass is 35.5. The number of carbonyl (C=O) groups is 1. The van der Waals surface area contributed by atoms with E-state index in [1.54, 1.807) is 23.9 Å². The van der Waals surface area contributed by atoms with Crippen molar-refractivity contribution in [3.05, 3.63) is 58.4 Å². The highest BCUT2D eigenvalue weighted by Gasteiger charge is 2.27. The van der Waals surface area contributed by atoms with E-state index >= 15 is 0 Å². The molecule has 1 aromatic heterocycles. The zero-order chi connectivity index (χ0) is 17.8. The molecule has 0 saturated carbocycles. The molecule has 1 saturated heterocycles. The Morgan fingerprint density at radius 3 is 2.80 bits per heavy atom. The lowest BCUT2D eigenvalue weighted by Gasteiger charge is -2.23. The molecule has 5 heteroatoms. The molecule has 1 aliphatic rings. The molecule has 2 heterocycles. The highest BCUT2D eigenvalue weighted by Crippen LogP contribution is 2.24. The maximum atomic E-state index is 12.6. The van der Waals surface area contributed by atoms with E-state index in [1.807, 2.05) is 17.9 Å². The van der Waals surface area contributed by atoms with Crippen molar-refractivity contribution in [3.8, 4) is 0 Å². The minimum absolute atomic E-state index is 0.0647. The van der Waals surface area contributed by atoms with Gasteiger partial charge in [0.2, 0.25) is 5.91 Å². The summed E-state index contributed by atoms with van der Waals surface area (Å²) in [7, 11) is 1.80. The van der Waals surface area contributed by atoms with E-state index in [2.05, 4.69) is 29.4 Å². The van der Waals surface area contributed by atoms with Gasteiger partial charge in [-0.1, -0.05) is 41.9 Å². The van der Waals surface area contributed by atoms with Gasteiger partial charge in [0, 0.05) is 31.3 Å². The third kappa shape index (κ3) is 4.13. The lowest BCUT2D eigenvalue weighted by Crippen LogP contribution is -2.34. The van der Waals surface area contributed by atoms with Gasteiger partial charge < -0.3 is 4.90 Å². The third-order valence-corrected chi connectivity index (χ3v) is 5.31. The maximum absolute atomic E-state index is 12.6. The molecule has 132 valence electrons. The Morgan fingerprint density at radius 1 is 1.36 bits per heavy atom. The second-order valence-corrected chi connectivity index (χ2v) is 6.96. The van der Waals surface area contributed by atoms with E-state index in [-0.39, 0.29) is 5.91 Å². The quantitative estimate of drug-likeness (QED) is 0.758. The van der Waals surface area contributed by atoms with Gasteiger partial charge in [0.15, 0.2) is 0 Å². The zero-order valence-corrected chi connectivity index (χ0v) is 15.5. The summed E-state index contributed by atoms with van der Waals surface area (Å²) in [6, 6.07) is 10.8. The molecule has 0 bridgehead atoms. The Labute approximate surface area is 154 Å². The van der Waals surface area contributed by atoms with Gasteiger partial charge in [0.1, 0.15) is 5.15 Å². The number of benzene rings is 1. The van der Waals surface area contributed by atoms with Crippen LogP contribution in [0.2, 0.25) is 5.15 Å². The van der Waals surface area contributed by atoms with Gasteiger partial charge in [-0.15, -0.1) is 0 Å². The molecule has 1 aromatic carbocycles. The van der Waals surface area contributed by atoms with Gasteiger partial charge >= 0.3 is 0 Å². The first-order chi connectivity index (χ1) is 12.1. The predicted octanol–water partition coefficient (Wildman–Crippen LogP) is 4.02. The van der Waals surface area contributed by atoms with Crippen LogP contribution in [0.3, 0.4) is 0 Å². The van der Waals surface area contributed by atoms with Crippen molar-refractivity contribution in [2.75, 3.05) is 6.54 Å². The summed E-state index contributed by atoms with van der Waals surface area (Å²) >= 11 is 6.23. The van der Waals surface area contributed by atoms with Gasteiger partial charge in [-0.2, -0.15) is 5.10 Å². The van der Waals surface area contributed by atoms with Crippen LogP contribution < -0.4 is 0 Å². The smallest absolute Gasteiger partial charge is 0.246 e. The monoisotopic (exact) mass is 357 g/mol. The van der Waals surface area contributed by atoms with Gasteiger partial charge in [-0.25, -0.2) is 0 Å². The van der Waals surface area contributed by atoms with E-state index in [1.165, 1.54) is 5.56 Å². The van der Waals surface area contributed by atoms with Crippen LogP contribution in [0.15, 0.2) is 36.4 Å². The summed E-state index contributed by atoms with van der Waals surface area (Å²) in [4.78, 5) is 14.6. The van der Waals surface area contributed by atoms with Crippen molar-refractivity contribution in [1.29, 1.82) is 0 Å². The highest BCUT2D eigenvalue weighted by molar-refractivity contribution is 6.31. The van der Waals surface area contributed by atoms with E-state index < -0.39 is 0 Å². The molecule has 0 aliphatic carbocycles. The second-order valence-electron chi connectivity index (χ2n) is 6.60. The normalized spacial score (nSPS) is 17.6. The Morgan fingerprint density at radius 2 is 2.12 bits per heavy atom. The number of halogens is 1. The summed E-state index contributed by atoms with van der Waals surface area (Å²) in [6.07, 6.45) is 7.60. The van der Waals surface area contributed by atoms with Crippen LogP contribution in [-0.4, -0.2) is 33.2 Å². The number of hydrogen-bond donors (Lipinski definition) is 0. The molecular formula is C20H24ClN3O. The van der Waals surface area contributed by atoms with Gasteiger partial charge in [-0.05, 0) is 44.2 Å². The number of nitrogens with zero attached hydrogens (tertiary/aromatic N) is 3. The maximum Gasteiger partial charge on any atom is 0.246 e. The first-order valence-electron chi connectivity index (χ1n) is 8.78. The molecule has 0 spiro atoms. The predicted molar refractivity (Wildman–Crippen MR) is 101 cm³/mol. The van der Waals surface area contributed by atoms with Crippen molar-refractivity contribution in [2.45, 2.75) is 38.6 Å². The van der Waals surface area contributed by atoms with Crippen LogP contribution >= 0.6 is 11.6 Å². The van der Waals surface area contributed by atoms with Crippen molar-refractivity contribution < 1.29 is 4.79 Å². The molecule has 0 radical (unpaired) electrons. The Bertz CT molecular complexity index is 767. The van der Waals surface area contributed by atoms with E-state index in [4.69, 9.17) is 11.6 Å². The average molecular weight is 358 g/mol. The molecule has 0 unspecified atom stereocenters. The lowest BCUT2D eigenvalue weighted by molar-refractivity contribution is -0.126. The molecule has 2 aromatic rings. The van der Waals surface area contributed by atoms with Crippen LogP contribution in [0.4, 0.5) is 0 Å². The number of rotatable bonds is 5. The number of likely N-dealkylation sites (tertiary alicyclic amines) is 1.